The molecule has 2 aromatic carbocycles. The second-order valence-corrected chi connectivity index (χ2v) is 8.39. The van der Waals surface area contributed by atoms with Crippen LogP contribution in [-0.2, 0) is 22.7 Å². The Kier molecular flexibility index (Phi) is 6.45. The molecular weight excluding hydrogens is 437 g/mol. The van der Waals surface area contributed by atoms with Crippen LogP contribution in [0.4, 0.5) is 4.39 Å². The number of halogens is 2. The fraction of sp³-hybridized carbons (Fsp3) is 0.304. The Balaban J connectivity index is 1.56. The molecule has 1 fully saturated rings. The van der Waals surface area contributed by atoms with Crippen LogP contribution in [0.25, 0.3) is 10.9 Å². The fourth-order valence-corrected chi connectivity index (χ4v) is 4.56. The van der Waals surface area contributed by atoms with Gasteiger partial charge in [-0.05, 0) is 35.9 Å². The molecule has 2 N–H and O–H groups in total. The summed E-state index contributed by atoms with van der Waals surface area (Å²) < 4.78 is 15.2. The molecule has 3 aromatic rings. The standard InChI is InChI=1S/C23H23ClFN3O4/c24-16-3-1-2-15(10-16)12-26-6-8-27(9-7-26)22(23(31)32)19-13-28(14-21(29)30)20-11-17(25)4-5-18(19)20/h1-5,10-11,13,22H,6-9,12,14H2,(H,29,30)(H,31,32)/t22-/m0/s1. The van der Waals surface area contributed by atoms with Crippen molar-refractivity contribution in [2.75, 3.05) is 26.2 Å². The maximum absolute atomic E-state index is 13.8. The Morgan fingerprint density at radius 1 is 1.06 bits per heavy atom. The molecule has 1 saturated heterocycles. The molecule has 0 aliphatic carbocycles. The zero-order valence-corrected chi connectivity index (χ0v) is 18.0. The third-order valence-electron chi connectivity index (χ3n) is 5.78. The first-order valence-corrected chi connectivity index (χ1v) is 10.6. The number of hydrogen-bond donors (Lipinski definition) is 2. The van der Waals surface area contributed by atoms with Gasteiger partial charge in [-0.25, -0.2) is 4.39 Å². The van der Waals surface area contributed by atoms with Gasteiger partial charge in [0.05, 0.1) is 5.52 Å². The molecule has 2 heterocycles. The molecule has 1 aliphatic rings. The lowest BCUT2D eigenvalue weighted by Crippen LogP contribution is -2.48. The minimum absolute atomic E-state index is 0.369. The minimum Gasteiger partial charge on any atom is -0.480 e. The quantitative estimate of drug-likeness (QED) is 0.562. The predicted molar refractivity (Wildman–Crippen MR) is 118 cm³/mol. The minimum atomic E-state index is -1.08. The van der Waals surface area contributed by atoms with Crippen LogP contribution >= 0.6 is 11.6 Å². The number of benzene rings is 2. The van der Waals surface area contributed by atoms with Crippen molar-refractivity contribution >= 4 is 34.4 Å². The number of rotatable bonds is 7. The van der Waals surface area contributed by atoms with E-state index in [0.717, 1.165) is 12.1 Å². The highest BCUT2D eigenvalue weighted by atomic mass is 35.5. The van der Waals surface area contributed by atoms with Gasteiger partial charge in [-0.3, -0.25) is 19.4 Å². The van der Waals surface area contributed by atoms with Gasteiger partial charge in [-0.1, -0.05) is 23.7 Å². The molecule has 4 rings (SSSR count). The second kappa shape index (κ2) is 9.28. The smallest absolute Gasteiger partial charge is 0.325 e. The highest BCUT2D eigenvalue weighted by molar-refractivity contribution is 6.30. The van der Waals surface area contributed by atoms with Crippen molar-refractivity contribution in [2.45, 2.75) is 19.1 Å². The molecule has 0 unspecified atom stereocenters. The summed E-state index contributed by atoms with van der Waals surface area (Å²) in [6.45, 7) is 2.77. The van der Waals surface area contributed by atoms with Crippen molar-refractivity contribution in [3.63, 3.8) is 0 Å². The summed E-state index contributed by atoms with van der Waals surface area (Å²) in [6, 6.07) is 10.7. The van der Waals surface area contributed by atoms with Gasteiger partial charge in [0.25, 0.3) is 0 Å². The second-order valence-electron chi connectivity index (χ2n) is 7.95. The Morgan fingerprint density at radius 3 is 2.47 bits per heavy atom. The topological polar surface area (TPSA) is 86.0 Å². The zero-order valence-electron chi connectivity index (χ0n) is 17.2. The van der Waals surface area contributed by atoms with Crippen LogP contribution in [0.2, 0.25) is 5.02 Å². The molecule has 32 heavy (non-hydrogen) atoms. The highest BCUT2D eigenvalue weighted by Crippen LogP contribution is 2.32. The third-order valence-corrected chi connectivity index (χ3v) is 6.01. The van der Waals surface area contributed by atoms with Gasteiger partial charge in [0.15, 0.2) is 0 Å². The summed E-state index contributed by atoms with van der Waals surface area (Å²) >= 11 is 6.07. The van der Waals surface area contributed by atoms with E-state index in [1.807, 2.05) is 29.2 Å². The molecule has 0 saturated carbocycles. The Bertz CT molecular complexity index is 1160. The number of nitrogens with zero attached hydrogens (tertiary/aromatic N) is 3. The van der Waals surface area contributed by atoms with E-state index in [1.165, 1.54) is 29.0 Å². The lowest BCUT2D eigenvalue weighted by atomic mass is 10.0. The molecule has 0 spiro atoms. The fourth-order valence-electron chi connectivity index (χ4n) is 4.35. The van der Waals surface area contributed by atoms with Crippen LogP contribution in [0, 0.1) is 5.82 Å². The van der Waals surface area contributed by atoms with Gasteiger partial charge >= 0.3 is 11.9 Å². The van der Waals surface area contributed by atoms with E-state index in [0.29, 0.717) is 47.7 Å². The first kappa shape index (κ1) is 22.3. The van der Waals surface area contributed by atoms with Gasteiger partial charge in [0.2, 0.25) is 0 Å². The number of aliphatic carboxylic acids is 2. The van der Waals surface area contributed by atoms with Crippen molar-refractivity contribution in [2.24, 2.45) is 0 Å². The number of carboxylic acids is 2. The molecular formula is C23H23ClFN3O4. The van der Waals surface area contributed by atoms with E-state index in [-0.39, 0.29) is 6.54 Å². The Labute approximate surface area is 189 Å². The molecule has 7 nitrogen and oxygen atoms in total. The van der Waals surface area contributed by atoms with E-state index in [4.69, 9.17) is 11.6 Å². The summed E-state index contributed by atoms with van der Waals surface area (Å²) in [6.07, 6.45) is 1.52. The van der Waals surface area contributed by atoms with Gasteiger partial charge < -0.3 is 14.8 Å². The zero-order chi connectivity index (χ0) is 22.8. The number of carbonyl (C=O) groups is 2. The van der Waals surface area contributed by atoms with E-state index in [9.17, 15) is 24.2 Å². The average molecular weight is 460 g/mol. The summed E-state index contributed by atoms with van der Waals surface area (Å²) in [5.41, 5.74) is 1.93. The summed E-state index contributed by atoms with van der Waals surface area (Å²) in [4.78, 5) is 27.7. The Morgan fingerprint density at radius 2 is 1.81 bits per heavy atom. The summed E-state index contributed by atoms with van der Waals surface area (Å²) in [5, 5.41) is 20.5. The van der Waals surface area contributed by atoms with Gasteiger partial charge in [0, 0.05) is 54.9 Å². The van der Waals surface area contributed by atoms with Crippen molar-refractivity contribution in [3.05, 3.63) is 70.6 Å². The van der Waals surface area contributed by atoms with Gasteiger partial charge in [0.1, 0.15) is 18.4 Å². The Hall–Kier alpha value is -2.94. The monoisotopic (exact) mass is 459 g/mol. The van der Waals surface area contributed by atoms with E-state index in [2.05, 4.69) is 4.90 Å². The number of hydrogen-bond acceptors (Lipinski definition) is 4. The molecule has 1 aliphatic heterocycles. The molecule has 1 aromatic heterocycles. The summed E-state index contributed by atoms with van der Waals surface area (Å²) in [5.74, 6) is -2.61. The van der Waals surface area contributed by atoms with Gasteiger partial charge in [-0.15, -0.1) is 0 Å². The first-order valence-electron chi connectivity index (χ1n) is 10.3. The van der Waals surface area contributed by atoms with Crippen LogP contribution in [0.1, 0.15) is 17.2 Å². The largest absolute Gasteiger partial charge is 0.480 e. The van der Waals surface area contributed by atoms with Crippen molar-refractivity contribution in [3.8, 4) is 0 Å². The summed E-state index contributed by atoms with van der Waals surface area (Å²) in [7, 11) is 0. The van der Waals surface area contributed by atoms with Crippen LogP contribution in [-0.4, -0.2) is 62.7 Å². The number of carboxylic acid groups (broad SMARTS) is 2. The lowest BCUT2D eigenvalue weighted by molar-refractivity contribution is -0.144. The molecule has 1 atom stereocenters. The normalized spacial score (nSPS) is 16.3. The van der Waals surface area contributed by atoms with E-state index >= 15 is 0 Å². The van der Waals surface area contributed by atoms with Crippen LogP contribution in [0.15, 0.2) is 48.7 Å². The van der Waals surface area contributed by atoms with Crippen molar-refractivity contribution in [1.29, 1.82) is 0 Å². The van der Waals surface area contributed by atoms with Crippen molar-refractivity contribution < 1.29 is 24.2 Å². The average Bonchev–Trinajstić information content (AvgIpc) is 3.06. The molecule has 0 bridgehead atoms. The first-order chi connectivity index (χ1) is 15.3. The third kappa shape index (κ3) is 4.77. The molecule has 0 amide bonds. The van der Waals surface area contributed by atoms with Crippen LogP contribution in [0.3, 0.4) is 0 Å². The number of aromatic nitrogens is 1. The molecule has 168 valence electrons. The maximum Gasteiger partial charge on any atom is 0.325 e. The number of piperazine rings is 1. The molecule has 0 radical (unpaired) electrons. The van der Waals surface area contributed by atoms with E-state index < -0.39 is 23.8 Å². The number of fused-ring (bicyclic) bond motifs is 1. The lowest BCUT2D eigenvalue weighted by Gasteiger charge is -2.37. The molecule has 9 heteroatoms. The maximum atomic E-state index is 13.8. The van der Waals surface area contributed by atoms with Gasteiger partial charge in [-0.2, -0.15) is 0 Å². The van der Waals surface area contributed by atoms with Crippen LogP contribution in [0.5, 0.6) is 0 Å². The van der Waals surface area contributed by atoms with Crippen molar-refractivity contribution in [1.82, 2.24) is 14.4 Å². The SMILES string of the molecule is O=C(O)Cn1cc([C@@H](C(=O)O)N2CCN(Cc3cccc(Cl)c3)CC2)c2ccc(F)cc21. The highest BCUT2D eigenvalue weighted by Gasteiger charge is 2.33. The van der Waals surface area contributed by atoms with E-state index in [1.54, 1.807) is 0 Å². The van der Waals surface area contributed by atoms with Crippen LogP contribution < -0.4 is 0 Å². The predicted octanol–water partition coefficient (Wildman–Crippen LogP) is 3.46.